The van der Waals surface area contributed by atoms with E-state index in [4.69, 9.17) is 29.4 Å². The fraction of sp³-hybridized carbons (Fsp3) is 0.368. The first-order chi connectivity index (χ1) is 46.7. The molecule has 0 radical (unpaired) electrons. The summed E-state index contributed by atoms with van der Waals surface area (Å²) in [5.41, 5.74) is 12.5. The fourth-order valence-corrected chi connectivity index (χ4v) is 16.2. The lowest BCUT2D eigenvalue weighted by molar-refractivity contribution is -0.137. The van der Waals surface area contributed by atoms with Crippen molar-refractivity contribution in [2.24, 2.45) is 23.7 Å². The summed E-state index contributed by atoms with van der Waals surface area (Å²) >= 11 is 0. The highest BCUT2D eigenvalue weighted by molar-refractivity contribution is 6.10. The Bertz CT molecular complexity index is 5130. The molecular formula is C76H78N14O6. The van der Waals surface area contributed by atoms with Gasteiger partial charge in [-0.3, -0.25) is 9.59 Å². The molecule has 20 heteroatoms. The van der Waals surface area contributed by atoms with Crippen LogP contribution < -0.4 is 21.3 Å². The number of likely N-dealkylation sites (tertiary alicyclic amines) is 2. The van der Waals surface area contributed by atoms with Gasteiger partial charge in [-0.05, 0) is 174 Å². The molecule has 0 bridgehead atoms. The Morgan fingerprint density at radius 1 is 0.479 bits per heavy atom. The number of nitrogens with one attached hydrogen (secondary N) is 8. The molecule has 4 amide bonds. The zero-order chi connectivity index (χ0) is 65.4. The molecule has 2 saturated carbocycles. The Morgan fingerprint density at radius 3 is 1.36 bits per heavy atom. The van der Waals surface area contributed by atoms with Crippen LogP contribution in [0.1, 0.15) is 127 Å². The van der Waals surface area contributed by atoms with Gasteiger partial charge in [0.15, 0.2) is 0 Å². The SMILES string of the molecule is COC(=O)N[C@H](C(=O)N1CCC[C@H]1c1nc2c(ccc3cc(-c4ccc5c(ccc6[nH]c([C@@H]7CCCN7)nc65)c4)ccc32)[nH]1)C(C)C.COC(=O)N[C@H](C(=O)N1[C@@H]2C[C@@H]2C[C@H]1c1nc2c(ccc3cc(-c4ccc5c(ccc6[nH]c([C@@H]7C[C@H]8C[C@H]8N7)nc65)c4)ccc32)[nH]1)C(C)C. The summed E-state index contributed by atoms with van der Waals surface area (Å²) < 4.78 is 9.60. The lowest BCUT2D eigenvalue weighted by Crippen LogP contribution is -2.52. The third-order valence-electron chi connectivity index (χ3n) is 21.5. The Labute approximate surface area is 553 Å². The van der Waals surface area contributed by atoms with E-state index in [1.807, 2.05) is 37.5 Å². The van der Waals surface area contributed by atoms with E-state index in [1.165, 1.54) is 38.9 Å². The molecule has 0 unspecified atom stereocenters. The molecule has 20 nitrogen and oxygen atoms in total. The number of nitrogens with zero attached hydrogens (tertiary/aromatic N) is 6. The topological polar surface area (TPSA) is 256 Å². The molecule has 6 fully saturated rings. The van der Waals surface area contributed by atoms with Crippen molar-refractivity contribution in [3.8, 4) is 22.3 Å². The summed E-state index contributed by atoms with van der Waals surface area (Å²) in [6.07, 6.45) is 7.13. The lowest BCUT2D eigenvalue weighted by atomic mass is 9.98. The minimum absolute atomic E-state index is 0.0728. The van der Waals surface area contributed by atoms with Crippen molar-refractivity contribution in [2.45, 2.75) is 127 Å². The molecule has 12 aromatic rings. The summed E-state index contributed by atoms with van der Waals surface area (Å²) in [5.74, 6) is 4.60. The highest BCUT2D eigenvalue weighted by Crippen LogP contribution is 2.54. The molecule has 8 heterocycles. The number of aromatic nitrogens is 8. The minimum Gasteiger partial charge on any atom is -0.453 e. The van der Waals surface area contributed by atoms with E-state index >= 15 is 0 Å². The normalized spacial score (nSPS) is 22.6. The zero-order valence-corrected chi connectivity index (χ0v) is 54.7. The van der Waals surface area contributed by atoms with Crippen molar-refractivity contribution >= 4 is 111 Å². The van der Waals surface area contributed by atoms with Crippen LogP contribution in [0.3, 0.4) is 0 Å². The first kappa shape index (κ1) is 59.8. The molecule has 0 spiro atoms. The van der Waals surface area contributed by atoms with Crippen LogP contribution in [-0.4, -0.2) is 125 Å². The van der Waals surface area contributed by atoms with Gasteiger partial charge in [0.25, 0.3) is 0 Å². The fourth-order valence-electron chi connectivity index (χ4n) is 16.2. The van der Waals surface area contributed by atoms with E-state index in [-0.39, 0.29) is 41.8 Å². The second-order valence-corrected chi connectivity index (χ2v) is 28.2. The van der Waals surface area contributed by atoms with Gasteiger partial charge in [0.05, 0.1) is 82.5 Å². The van der Waals surface area contributed by atoms with Gasteiger partial charge in [-0.1, -0.05) is 100 Å². The lowest BCUT2D eigenvalue weighted by Gasteiger charge is -2.31. The number of aromatic amines is 4. The Morgan fingerprint density at radius 2 is 0.927 bits per heavy atom. The van der Waals surface area contributed by atoms with Gasteiger partial charge in [-0.25, -0.2) is 29.5 Å². The maximum absolute atomic E-state index is 13.9. The number of ether oxygens (including phenoxy) is 2. The molecule has 2 aliphatic carbocycles. The summed E-state index contributed by atoms with van der Waals surface area (Å²) in [7, 11) is 2.63. The number of benzene rings is 8. The van der Waals surface area contributed by atoms with Gasteiger partial charge in [-0.15, -0.1) is 0 Å². The number of carbonyl (C=O) groups excluding carboxylic acids is 4. The van der Waals surface area contributed by atoms with E-state index in [1.54, 1.807) is 0 Å². The molecular weight excluding hydrogens is 1200 g/mol. The quantitative estimate of drug-likeness (QED) is 0.0568. The summed E-state index contributed by atoms with van der Waals surface area (Å²) in [5, 5.41) is 21.7. The van der Waals surface area contributed by atoms with E-state index in [2.05, 4.69) is 163 Å². The Hall–Kier alpha value is -9.92. The third-order valence-corrected chi connectivity index (χ3v) is 21.5. The molecule has 8 aromatic carbocycles. The Kier molecular flexibility index (Phi) is 14.6. The van der Waals surface area contributed by atoms with Crippen LogP contribution in [-0.2, 0) is 19.1 Å². The largest absolute Gasteiger partial charge is 0.453 e. The number of piperidine rings is 2. The number of hydrogen-bond acceptors (Lipinski definition) is 12. The van der Waals surface area contributed by atoms with Crippen LogP contribution in [0.5, 0.6) is 0 Å². The minimum atomic E-state index is -0.668. The highest BCUT2D eigenvalue weighted by atomic mass is 16.5. The van der Waals surface area contributed by atoms with Crippen molar-refractivity contribution in [3.63, 3.8) is 0 Å². The molecule has 4 aromatic heterocycles. The van der Waals surface area contributed by atoms with E-state index < -0.39 is 24.3 Å². The number of methoxy groups -OCH3 is 2. The van der Waals surface area contributed by atoms with Crippen LogP contribution >= 0.6 is 0 Å². The van der Waals surface area contributed by atoms with Gasteiger partial charge < -0.3 is 60.5 Å². The maximum Gasteiger partial charge on any atom is 0.407 e. The van der Waals surface area contributed by atoms with Gasteiger partial charge in [0.2, 0.25) is 11.8 Å². The zero-order valence-electron chi connectivity index (χ0n) is 54.7. The van der Waals surface area contributed by atoms with Crippen molar-refractivity contribution in [2.75, 3.05) is 27.3 Å². The van der Waals surface area contributed by atoms with Gasteiger partial charge in [-0.2, -0.15) is 0 Å². The molecule has 18 rings (SSSR count). The predicted molar refractivity (Wildman–Crippen MR) is 373 cm³/mol. The monoisotopic (exact) mass is 1280 g/mol. The highest BCUT2D eigenvalue weighted by Gasteiger charge is 2.56. The van der Waals surface area contributed by atoms with Gasteiger partial charge in [0.1, 0.15) is 35.4 Å². The standard InChI is InChI=1S/C39H39N7O3.C37H39N7O3/c1-18(2)33(45-39(48)49-3)38(47)46-31-16-24(31)17-32(46)37-42-28-11-7-22-13-20(5-9-26(22)35(28)44-37)19-4-8-25-21(12-19)6-10-27-34(25)43-36(41-27)30-15-23-14-29(23)40-30;1-20(2)31(43-37(46)47-3)36(45)44-17-5-7-30(44)35-40-28-15-11-24-19-22(9-13-26(24)33(28)42-35)21-8-12-25-23(18-21)10-14-27-32(25)41-34(39-27)29-6-4-16-38-29/h4-13,18,23-24,29-33,40H,14-17H2,1-3H3,(H,41,43)(H,42,44)(H,45,48);8-15,18-20,29-31,38H,4-7,16-17H2,1-3H3,(H,39,41)(H,40,42)(H,43,46)/t23-,24-,29-,30+,31-,32+,33+;29-,30-,31-/m10/s1. The number of rotatable bonds is 12. The molecule has 8 N–H and O–H groups in total. The smallest absolute Gasteiger partial charge is 0.407 e. The molecule has 488 valence electrons. The van der Waals surface area contributed by atoms with Crippen LogP contribution in [0, 0.1) is 23.7 Å². The summed E-state index contributed by atoms with van der Waals surface area (Å²) in [4.78, 5) is 89.8. The van der Waals surface area contributed by atoms with Crippen molar-refractivity contribution < 1.29 is 28.7 Å². The molecule has 6 aliphatic rings. The van der Waals surface area contributed by atoms with Gasteiger partial charge in [0, 0.05) is 40.2 Å². The van der Waals surface area contributed by atoms with Crippen LogP contribution in [0.4, 0.5) is 9.59 Å². The molecule has 4 aliphatic heterocycles. The number of imidazole rings is 4. The van der Waals surface area contributed by atoms with Crippen molar-refractivity contribution in [1.82, 2.24) is 70.9 Å². The predicted octanol–water partition coefficient (Wildman–Crippen LogP) is 13.8. The molecule has 96 heavy (non-hydrogen) atoms. The number of H-pyrrole nitrogens is 4. The maximum atomic E-state index is 13.9. The van der Waals surface area contributed by atoms with Gasteiger partial charge >= 0.3 is 12.2 Å². The summed E-state index contributed by atoms with van der Waals surface area (Å²) in [6.45, 7) is 9.39. The van der Waals surface area contributed by atoms with Crippen LogP contribution in [0.15, 0.2) is 121 Å². The van der Waals surface area contributed by atoms with E-state index in [9.17, 15) is 19.2 Å². The van der Waals surface area contributed by atoms with Crippen molar-refractivity contribution in [1.29, 1.82) is 0 Å². The van der Waals surface area contributed by atoms with Crippen molar-refractivity contribution in [3.05, 3.63) is 145 Å². The van der Waals surface area contributed by atoms with E-state index in [0.717, 1.165) is 172 Å². The first-order valence-electron chi connectivity index (χ1n) is 34.2. The van der Waals surface area contributed by atoms with Crippen LogP contribution in [0.25, 0.3) is 109 Å². The molecule has 10 atom stereocenters. The third kappa shape index (κ3) is 10.5. The molecule has 4 saturated heterocycles. The number of fused-ring (bicyclic) bond motifs is 14. The number of amides is 4. The summed E-state index contributed by atoms with van der Waals surface area (Å²) in [6, 6.07) is 43.3. The van der Waals surface area contributed by atoms with Crippen LogP contribution in [0.2, 0.25) is 0 Å². The number of hydrogen-bond donors (Lipinski definition) is 8. The first-order valence-corrected chi connectivity index (χ1v) is 34.2. The number of alkyl carbamates (subject to hydrolysis) is 2. The average molecular weight is 1280 g/mol. The average Bonchev–Trinajstić information content (AvgIpc) is 1.56. The second kappa shape index (κ2) is 23.5. The van der Waals surface area contributed by atoms with E-state index in [0.29, 0.717) is 30.6 Å². The Balaban J connectivity index is 0.000000145. The number of carbonyl (C=O) groups is 4. The second-order valence-electron chi connectivity index (χ2n) is 28.2.